The zero-order valence-electron chi connectivity index (χ0n) is 16.4. The topological polar surface area (TPSA) is 93.1 Å². The van der Waals surface area contributed by atoms with Gasteiger partial charge in [0.05, 0.1) is 24.7 Å². The summed E-state index contributed by atoms with van der Waals surface area (Å²) in [6.07, 6.45) is 2.69. The molecule has 0 amide bonds. The summed E-state index contributed by atoms with van der Waals surface area (Å²) in [5, 5.41) is 11.2. The fourth-order valence-corrected chi connectivity index (χ4v) is 4.47. The van der Waals surface area contributed by atoms with Gasteiger partial charge < -0.3 is 14.6 Å². The lowest BCUT2D eigenvalue weighted by molar-refractivity contribution is 0.0172. The lowest BCUT2D eigenvalue weighted by Crippen LogP contribution is -2.36. The molecule has 0 radical (unpaired) electrons. The maximum Gasteiger partial charge on any atom is 0.294 e. The standard InChI is InChI=1S/C21H26O6S/c1-14-4-5-16(28(23,24)25)12-15(14)8-10-21(22)11-9-17-18(13-21)20(27-3)7-6-19(17)26-2/h4-7,12,22H,8-11,13H2,1-3H3,(H,23,24,25). The predicted octanol–water partition coefficient (Wildman–Crippen LogP) is 3.11. The molecule has 1 aliphatic carbocycles. The number of benzene rings is 2. The average Bonchev–Trinajstić information content (AvgIpc) is 2.65. The highest BCUT2D eigenvalue weighted by Gasteiger charge is 2.35. The lowest BCUT2D eigenvalue weighted by atomic mass is 9.76. The molecular formula is C21H26O6S. The van der Waals surface area contributed by atoms with Gasteiger partial charge in [0.1, 0.15) is 11.5 Å². The van der Waals surface area contributed by atoms with Gasteiger partial charge in [0.2, 0.25) is 0 Å². The van der Waals surface area contributed by atoms with Crippen LogP contribution in [0.5, 0.6) is 11.5 Å². The molecule has 152 valence electrons. The number of hydrogen-bond acceptors (Lipinski definition) is 5. The van der Waals surface area contributed by atoms with Gasteiger partial charge >= 0.3 is 0 Å². The van der Waals surface area contributed by atoms with Crippen LogP contribution >= 0.6 is 0 Å². The number of hydrogen-bond donors (Lipinski definition) is 2. The van der Waals surface area contributed by atoms with Crippen molar-refractivity contribution in [2.75, 3.05) is 14.2 Å². The first-order valence-electron chi connectivity index (χ1n) is 9.19. The summed E-state index contributed by atoms with van der Waals surface area (Å²) in [5.74, 6) is 1.54. The summed E-state index contributed by atoms with van der Waals surface area (Å²) >= 11 is 0. The molecule has 0 heterocycles. The second-order valence-corrected chi connectivity index (χ2v) is 8.81. The second kappa shape index (κ2) is 7.73. The van der Waals surface area contributed by atoms with Gasteiger partial charge in [-0.05, 0) is 68.0 Å². The van der Waals surface area contributed by atoms with E-state index in [9.17, 15) is 18.1 Å². The lowest BCUT2D eigenvalue weighted by Gasteiger charge is -2.35. The van der Waals surface area contributed by atoms with Crippen molar-refractivity contribution in [3.05, 3.63) is 52.6 Å². The summed E-state index contributed by atoms with van der Waals surface area (Å²) in [4.78, 5) is -0.125. The first-order valence-corrected chi connectivity index (χ1v) is 10.6. The van der Waals surface area contributed by atoms with Crippen molar-refractivity contribution in [2.45, 2.75) is 49.5 Å². The van der Waals surface area contributed by atoms with Crippen LogP contribution in [0.4, 0.5) is 0 Å². The van der Waals surface area contributed by atoms with Crippen molar-refractivity contribution in [3.8, 4) is 11.5 Å². The molecule has 3 rings (SSSR count). The zero-order valence-corrected chi connectivity index (χ0v) is 17.2. The molecular weight excluding hydrogens is 380 g/mol. The highest BCUT2D eigenvalue weighted by atomic mass is 32.2. The summed E-state index contributed by atoms with van der Waals surface area (Å²) in [5.41, 5.74) is 2.82. The van der Waals surface area contributed by atoms with Crippen LogP contribution in [-0.2, 0) is 29.4 Å². The van der Waals surface area contributed by atoms with Gasteiger partial charge in [-0.25, -0.2) is 0 Å². The van der Waals surface area contributed by atoms with E-state index in [0.29, 0.717) is 32.1 Å². The quantitative estimate of drug-likeness (QED) is 0.716. The smallest absolute Gasteiger partial charge is 0.294 e. The summed E-state index contributed by atoms with van der Waals surface area (Å²) in [7, 11) is -1.01. The molecule has 0 aromatic heterocycles. The van der Waals surface area contributed by atoms with Crippen LogP contribution in [0.25, 0.3) is 0 Å². The minimum Gasteiger partial charge on any atom is -0.496 e. The van der Waals surface area contributed by atoms with Crippen molar-refractivity contribution in [1.29, 1.82) is 0 Å². The molecule has 2 aromatic carbocycles. The van der Waals surface area contributed by atoms with Gasteiger partial charge in [-0.2, -0.15) is 8.42 Å². The van der Waals surface area contributed by atoms with E-state index in [0.717, 1.165) is 33.8 Å². The van der Waals surface area contributed by atoms with Crippen molar-refractivity contribution in [2.24, 2.45) is 0 Å². The van der Waals surface area contributed by atoms with Crippen LogP contribution in [0.1, 0.15) is 35.1 Å². The summed E-state index contributed by atoms with van der Waals surface area (Å²) < 4.78 is 43.0. The molecule has 2 aromatic rings. The molecule has 1 unspecified atom stereocenters. The average molecular weight is 407 g/mol. The van der Waals surface area contributed by atoms with E-state index in [1.807, 2.05) is 19.1 Å². The van der Waals surface area contributed by atoms with Crippen molar-refractivity contribution >= 4 is 10.1 Å². The maximum atomic E-state index is 11.4. The van der Waals surface area contributed by atoms with E-state index in [2.05, 4.69) is 0 Å². The molecule has 28 heavy (non-hydrogen) atoms. The Morgan fingerprint density at radius 1 is 1.07 bits per heavy atom. The summed E-state index contributed by atoms with van der Waals surface area (Å²) in [6, 6.07) is 8.27. The van der Waals surface area contributed by atoms with Crippen LogP contribution in [0.3, 0.4) is 0 Å². The predicted molar refractivity (Wildman–Crippen MR) is 106 cm³/mol. The Hall–Kier alpha value is -2.09. The Morgan fingerprint density at radius 2 is 1.71 bits per heavy atom. The van der Waals surface area contributed by atoms with E-state index >= 15 is 0 Å². The van der Waals surface area contributed by atoms with Crippen molar-refractivity contribution in [1.82, 2.24) is 0 Å². The highest BCUT2D eigenvalue weighted by Crippen LogP contribution is 2.41. The minimum absolute atomic E-state index is 0.125. The Kier molecular flexibility index (Phi) is 5.70. The fourth-order valence-electron chi connectivity index (χ4n) is 3.93. The molecule has 0 fully saturated rings. The number of rotatable bonds is 6. The molecule has 1 atom stereocenters. The Balaban J connectivity index is 1.84. The third-order valence-corrected chi connectivity index (χ3v) is 6.46. The van der Waals surface area contributed by atoms with Crippen molar-refractivity contribution < 1.29 is 27.6 Å². The van der Waals surface area contributed by atoms with E-state index in [1.54, 1.807) is 20.3 Å². The molecule has 7 heteroatoms. The van der Waals surface area contributed by atoms with Gasteiger partial charge in [0.25, 0.3) is 10.1 Å². The summed E-state index contributed by atoms with van der Waals surface area (Å²) in [6.45, 7) is 1.89. The minimum atomic E-state index is -4.25. The fraction of sp³-hybridized carbons (Fsp3) is 0.429. The molecule has 0 aliphatic heterocycles. The third kappa shape index (κ3) is 4.16. The van der Waals surface area contributed by atoms with E-state index in [-0.39, 0.29) is 4.90 Å². The van der Waals surface area contributed by atoms with E-state index in [1.165, 1.54) is 12.1 Å². The van der Waals surface area contributed by atoms with Gasteiger partial charge in [-0.15, -0.1) is 0 Å². The molecule has 6 nitrogen and oxygen atoms in total. The normalized spacial score (nSPS) is 19.2. The van der Waals surface area contributed by atoms with Gasteiger partial charge in [-0.3, -0.25) is 4.55 Å². The first-order chi connectivity index (χ1) is 13.2. The third-order valence-electron chi connectivity index (χ3n) is 5.61. The molecule has 0 saturated carbocycles. The molecule has 0 saturated heterocycles. The van der Waals surface area contributed by atoms with E-state index < -0.39 is 15.7 Å². The van der Waals surface area contributed by atoms with Crippen molar-refractivity contribution in [3.63, 3.8) is 0 Å². The zero-order chi connectivity index (χ0) is 20.5. The van der Waals surface area contributed by atoms with Crippen LogP contribution in [0.2, 0.25) is 0 Å². The van der Waals surface area contributed by atoms with Crippen LogP contribution in [0.15, 0.2) is 35.2 Å². The number of aliphatic hydroxyl groups is 1. The molecule has 1 aliphatic rings. The number of aryl methyl sites for hydroxylation is 2. The van der Waals surface area contributed by atoms with Crippen LogP contribution < -0.4 is 9.47 Å². The number of methoxy groups -OCH3 is 2. The second-order valence-electron chi connectivity index (χ2n) is 7.39. The Morgan fingerprint density at radius 3 is 2.32 bits per heavy atom. The maximum absolute atomic E-state index is 11.4. The molecule has 2 N–H and O–H groups in total. The largest absolute Gasteiger partial charge is 0.496 e. The van der Waals surface area contributed by atoms with Crippen LogP contribution in [0, 0.1) is 6.92 Å². The first kappa shape index (κ1) is 20.6. The molecule has 0 spiro atoms. The SMILES string of the molecule is COc1ccc(OC)c2c1CCC(O)(CCc1cc(S(=O)(=O)O)ccc1C)C2. The van der Waals surface area contributed by atoms with Gasteiger partial charge in [-0.1, -0.05) is 6.07 Å². The number of ether oxygens (including phenoxy) is 2. The van der Waals surface area contributed by atoms with E-state index in [4.69, 9.17) is 9.47 Å². The van der Waals surface area contributed by atoms with Gasteiger partial charge in [0, 0.05) is 17.5 Å². The van der Waals surface area contributed by atoms with Crippen LogP contribution in [-0.4, -0.2) is 37.9 Å². The number of fused-ring (bicyclic) bond motifs is 1. The Bertz CT molecular complexity index is 983. The van der Waals surface area contributed by atoms with Gasteiger partial charge in [0.15, 0.2) is 0 Å². The monoisotopic (exact) mass is 406 g/mol. The Labute approximate surface area is 165 Å². The highest BCUT2D eigenvalue weighted by molar-refractivity contribution is 7.85. The molecule has 0 bridgehead atoms.